The summed E-state index contributed by atoms with van der Waals surface area (Å²) in [6, 6.07) is 0. The molecule has 63 heavy (non-hydrogen) atoms. The Bertz CT molecular complexity index is 1240. The third kappa shape index (κ3) is 31.9. The molecule has 1 aliphatic carbocycles. The van der Waals surface area contributed by atoms with E-state index in [1.807, 2.05) is 0 Å². The average Bonchev–Trinajstić information content (AvgIpc) is 3.23. The van der Waals surface area contributed by atoms with E-state index < -0.39 is 82.4 Å². The van der Waals surface area contributed by atoms with Crippen LogP contribution in [0.15, 0.2) is 0 Å². The highest BCUT2D eigenvalue weighted by molar-refractivity contribution is 8.06. The summed E-state index contributed by atoms with van der Waals surface area (Å²) >= 11 is 4.38. The molecule has 18 heteroatoms. The largest absolute Gasteiger partial charge is 0.472 e. The summed E-state index contributed by atoms with van der Waals surface area (Å²) in [5.74, 6) is -1.15. The van der Waals surface area contributed by atoms with Crippen molar-refractivity contribution in [3.05, 3.63) is 0 Å². The lowest BCUT2D eigenvalue weighted by Crippen LogP contribution is -2.64. The van der Waals surface area contributed by atoms with Gasteiger partial charge in [-0.05, 0) is 24.6 Å². The van der Waals surface area contributed by atoms with Crippen molar-refractivity contribution in [1.29, 1.82) is 0 Å². The summed E-state index contributed by atoms with van der Waals surface area (Å²) in [6.07, 6.45) is 21.6. The van der Waals surface area contributed by atoms with Crippen LogP contribution in [0, 0.1) is 0 Å². The number of phosphoric ester groups is 1. The Kier molecular flexibility index (Phi) is 35.9. The quantitative estimate of drug-likeness (QED) is 0.0171. The molecule has 0 saturated heterocycles. The van der Waals surface area contributed by atoms with Gasteiger partial charge in [0.25, 0.3) is 0 Å². The molecule has 1 saturated carbocycles. The van der Waals surface area contributed by atoms with E-state index in [-0.39, 0.29) is 12.8 Å². The van der Waals surface area contributed by atoms with E-state index >= 15 is 0 Å². The van der Waals surface area contributed by atoms with Crippen LogP contribution in [0.2, 0.25) is 0 Å². The maximum absolute atomic E-state index is 13.0. The van der Waals surface area contributed by atoms with E-state index in [0.717, 1.165) is 44.9 Å². The Morgan fingerprint density at radius 3 is 1.17 bits per heavy atom. The van der Waals surface area contributed by atoms with Crippen molar-refractivity contribution in [1.82, 2.24) is 0 Å². The van der Waals surface area contributed by atoms with Crippen LogP contribution in [0.4, 0.5) is 0 Å². The minimum absolute atomic E-state index is 0.0693. The third-order valence-corrected chi connectivity index (χ3v) is 13.4. The highest BCUT2D eigenvalue weighted by Gasteiger charge is 2.53. The SMILES string of the molecule is CCCCCCCCCCCCCCCCCC(=O)OC[C@H](COP(=O)(O)O[C@H]1[C@H](O)[C@@H](OP(O)(O)=S)[C@H](O)[C@@H](O)[C@H]1O)OC(=O)CCCCCCCCCCCCCCCCC. The van der Waals surface area contributed by atoms with E-state index in [4.69, 9.17) is 23.0 Å². The van der Waals surface area contributed by atoms with Gasteiger partial charge in [0.1, 0.15) is 43.2 Å². The summed E-state index contributed by atoms with van der Waals surface area (Å²) in [5, 5.41) is 41.5. The summed E-state index contributed by atoms with van der Waals surface area (Å²) in [5.41, 5.74) is 0. The van der Waals surface area contributed by atoms with Crippen molar-refractivity contribution in [3.63, 3.8) is 0 Å². The van der Waals surface area contributed by atoms with Crippen LogP contribution in [0.1, 0.15) is 219 Å². The van der Waals surface area contributed by atoms with Gasteiger partial charge in [-0.2, -0.15) is 0 Å². The lowest BCUT2D eigenvalue weighted by atomic mass is 9.85. The summed E-state index contributed by atoms with van der Waals surface area (Å²) in [4.78, 5) is 55.1. The molecular weight excluding hydrogens is 874 g/mol. The fourth-order valence-corrected chi connectivity index (χ4v) is 9.69. The predicted molar refractivity (Wildman–Crippen MR) is 248 cm³/mol. The number of ether oxygens (including phenoxy) is 2. The Hall–Kier alpha value is -0.580. The van der Waals surface area contributed by atoms with Crippen molar-refractivity contribution in [2.45, 2.75) is 262 Å². The number of aliphatic hydroxyl groups excluding tert-OH is 4. The molecule has 0 spiro atoms. The molecule has 0 aliphatic heterocycles. The van der Waals surface area contributed by atoms with E-state index in [1.165, 1.54) is 135 Å². The van der Waals surface area contributed by atoms with Gasteiger partial charge in [0.05, 0.1) is 6.61 Å². The molecular formula is C45H88O15P2S. The lowest BCUT2D eigenvalue weighted by molar-refractivity contribution is -0.215. The number of esters is 2. The highest BCUT2D eigenvalue weighted by Crippen LogP contribution is 2.49. The van der Waals surface area contributed by atoms with Gasteiger partial charge < -0.3 is 44.6 Å². The second kappa shape index (κ2) is 37.4. The van der Waals surface area contributed by atoms with Gasteiger partial charge in [0, 0.05) is 12.8 Å². The molecule has 0 aromatic heterocycles. The number of rotatable bonds is 42. The molecule has 1 fully saturated rings. The molecule has 7 N–H and O–H groups in total. The molecule has 8 atom stereocenters. The van der Waals surface area contributed by atoms with E-state index in [9.17, 15) is 49.3 Å². The van der Waals surface area contributed by atoms with Gasteiger partial charge in [0.2, 0.25) is 0 Å². The van der Waals surface area contributed by atoms with E-state index in [1.54, 1.807) is 0 Å². The van der Waals surface area contributed by atoms with Crippen molar-refractivity contribution in [3.8, 4) is 0 Å². The number of hydrogen-bond donors (Lipinski definition) is 7. The number of carbonyl (C=O) groups excluding carboxylic acids is 2. The Labute approximate surface area is 384 Å². The first-order valence-corrected chi connectivity index (χ1v) is 28.7. The maximum atomic E-state index is 13.0. The Morgan fingerprint density at radius 2 is 0.810 bits per heavy atom. The molecule has 0 heterocycles. The molecule has 1 rings (SSSR count). The van der Waals surface area contributed by atoms with Crippen molar-refractivity contribution >= 4 is 38.3 Å². The van der Waals surface area contributed by atoms with Crippen LogP contribution in [-0.2, 0) is 49.0 Å². The average molecular weight is 963 g/mol. The molecule has 15 nitrogen and oxygen atoms in total. The topological polar surface area (TPSA) is 239 Å². The van der Waals surface area contributed by atoms with Crippen LogP contribution in [0.5, 0.6) is 0 Å². The van der Waals surface area contributed by atoms with Gasteiger partial charge in [-0.25, -0.2) is 4.57 Å². The van der Waals surface area contributed by atoms with Crippen molar-refractivity contribution in [2.75, 3.05) is 13.2 Å². The third-order valence-electron chi connectivity index (χ3n) is 11.7. The normalized spacial score (nSPS) is 21.9. The van der Waals surface area contributed by atoms with Crippen LogP contribution >= 0.6 is 14.5 Å². The first kappa shape index (κ1) is 60.4. The zero-order valence-corrected chi connectivity index (χ0v) is 41.4. The van der Waals surface area contributed by atoms with E-state index in [2.05, 4.69) is 25.7 Å². The fourth-order valence-electron chi connectivity index (χ4n) is 7.85. The van der Waals surface area contributed by atoms with Gasteiger partial charge in [-0.15, -0.1) is 0 Å². The molecule has 0 radical (unpaired) electrons. The molecule has 374 valence electrons. The van der Waals surface area contributed by atoms with Gasteiger partial charge >= 0.3 is 26.5 Å². The molecule has 1 unspecified atom stereocenters. The molecule has 1 aliphatic rings. The Morgan fingerprint density at radius 1 is 0.476 bits per heavy atom. The predicted octanol–water partition coefficient (Wildman–Crippen LogP) is 9.52. The van der Waals surface area contributed by atoms with E-state index in [0.29, 0.717) is 12.8 Å². The minimum Gasteiger partial charge on any atom is -0.462 e. The zero-order valence-electron chi connectivity index (χ0n) is 38.8. The highest BCUT2D eigenvalue weighted by atomic mass is 32.5. The number of hydrogen-bond acceptors (Lipinski definition) is 13. The van der Waals surface area contributed by atoms with Crippen molar-refractivity contribution in [2.24, 2.45) is 0 Å². The van der Waals surface area contributed by atoms with Crippen molar-refractivity contribution < 1.29 is 72.3 Å². The van der Waals surface area contributed by atoms with Gasteiger partial charge in [0.15, 0.2) is 6.10 Å². The smallest absolute Gasteiger partial charge is 0.462 e. The maximum Gasteiger partial charge on any atom is 0.472 e. The monoisotopic (exact) mass is 963 g/mol. The standard InChI is InChI=1S/C45H88O15P2S/c1-3-5-7-9-11-13-15-17-19-21-23-25-27-29-31-33-38(46)56-35-37(58-39(47)34-32-30-28-26-24-22-20-18-16-14-12-10-8-6-4-2)36-57-61(52,53)59-44-41(49)40(48)42(50)45(43(44)51)60-62(54,55)63/h37,40-45,48-51H,3-36H2,1-2H3,(H,52,53)(H2,54,55,63)/t37-,40+,41-,42-,43+,44-,45+/m1/s1. The van der Waals surface area contributed by atoms with Crippen LogP contribution in [0.25, 0.3) is 0 Å². The second-order valence-electron chi connectivity index (χ2n) is 17.6. The first-order chi connectivity index (χ1) is 30.1. The molecule has 0 bridgehead atoms. The minimum atomic E-state index is -5.25. The summed E-state index contributed by atoms with van der Waals surface area (Å²) < 4.78 is 38.6. The Balaban J connectivity index is 2.56. The lowest BCUT2D eigenvalue weighted by Gasteiger charge is -2.43. The summed E-state index contributed by atoms with van der Waals surface area (Å²) in [6.45, 7) is -1.32. The molecule has 0 aromatic rings. The van der Waals surface area contributed by atoms with Crippen LogP contribution < -0.4 is 0 Å². The number of unbranched alkanes of at least 4 members (excludes halogenated alkanes) is 28. The van der Waals surface area contributed by atoms with Gasteiger partial charge in [-0.3, -0.25) is 23.2 Å². The van der Waals surface area contributed by atoms with Gasteiger partial charge in [-0.1, -0.05) is 194 Å². The van der Waals surface area contributed by atoms with Crippen LogP contribution in [0.3, 0.4) is 0 Å². The van der Waals surface area contributed by atoms with Crippen LogP contribution in [-0.4, -0.2) is 103 Å². The second-order valence-corrected chi connectivity index (χ2v) is 21.6. The zero-order chi connectivity index (χ0) is 46.8. The molecule has 0 aromatic carbocycles. The number of aliphatic hydroxyl groups is 4. The molecule has 0 amide bonds. The number of carbonyl (C=O) groups is 2. The summed E-state index contributed by atoms with van der Waals surface area (Å²) in [7, 11) is -5.25. The fraction of sp³-hybridized carbons (Fsp3) is 0.956. The number of phosphoric acid groups is 1. The first-order valence-electron chi connectivity index (χ1n) is 24.6.